The molecule has 0 spiro atoms. The van der Waals surface area contributed by atoms with Crippen LogP contribution in [0.4, 0.5) is 4.79 Å². The van der Waals surface area contributed by atoms with Crippen LogP contribution in [0.5, 0.6) is 0 Å². The Hall–Kier alpha value is -3.01. The van der Waals surface area contributed by atoms with E-state index in [2.05, 4.69) is 23.5 Å². The number of rotatable bonds is 12. The zero-order chi connectivity index (χ0) is 25.7. The fraction of sp³-hybridized carbons (Fsp3) is 0.593. The van der Waals surface area contributed by atoms with E-state index in [4.69, 9.17) is 11.2 Å². The van der Waals surface area contributed by atoms with E-state index in [1.165, 1.54) is 0 Å². The second-order valence-electron chi connectivity index (χ2n) is 9.42. The Bertz CT molecular complexity index is 837. The first-order chi connectivity index (χ1) is 16.0. The molecule has 3 amide bonds. The highest BCUT2D eigenvalue weighted by Gasteiger charge is 2.34. The molecule has 0 heterocycles. The zero-order valence-corrected chi connectivity index (χ0v) is 21.6. The summed E-state index contributed by atoms with van der Waals surface area (Å²) in [5, 5.41) is 5.59. The SMILES string of the molecule is C#Cc1ccc(C(C(=O)NCCCCC)N(CCCC)C(=O)C(C)NC(=O)OC(C)(C)C)cc1. The summed E-state index contributed by atoms with van der Waals surface area (Å²) in [6.45, 7) is 11.9. The van der Waals surface area contributed by atoms with Gasteiger partial charge in [-0.15, -0.1) is 6.42 Å². The van der Waals surface area contributed by atoms with Crippen molar-refractivity contribution in [3.63, 3.8) is 0 Å². The molecule has 0 radical (unpaired) electrons. The number of hydrogen-bond acceptors (Lipinski definition) is 4. The highest BCUT2D eigenvalue weighted by Crippen LogP contribution is 2.24. The van der Waals surface area contributed by atoms with Gasteiger partial charge >= 0.3 is 6.09 Å². The standard InChI is InChI=1S/C27H41N3O4/c1-8-11-13-18-28-24(31)23(22-16-14-21(10-3)15-17-22)30(19-12-9-2)25(32)20(4)29-26(33)34-27(5,6)7/h3,14-17,20,23H,8-9,11-13,18-19H2,1-2,4-7H3,(H,28,31)(H,29,33). The second kappa shape index (κ2) is 14.3. The number of benzene rings is 1. The predicted octanol–water partition coefficient (Wildman–Crippen LogP) is 4.56. The number of alkyl carbamates (subject to hydrolysis) is 1. The Morgan fingerprint density at radius 2 is 1.68 bits per heavy atom. The van der Waals surface area contributed by atoms with Gasteiger partial charge in [-0.2, -0.15) is 0 Å². The molecule has 1 aromatic carbocycles. The van der Waals surface area contributed by atoms with Gasteiger partial charge in [-0.25, -0.2) is 4.79 Å². The van der Waals surface area contributed by atoms with Crippen LogP contribution in [-0.2, 0) is 14.3 Å². The summed E-state index contributed by atoms with van der Waals surface area (Å²) in [7, 11) is 0. The topological polar surface area (TPSA) is 87.7 Å². The average Bonchev–Trinajstić information content (AvgIpc) is 2.77. The average molecular weight is 472 g/mol. The number of carbonyl (C=O) groups is 3. The van der Waals surface area contributed by atoms with Crippen LogP contribution in [-0.4, -0.2) is 47.5 Å². The van der Waals surface area contributed by atoms with Gasteiger partial charge < -0.3 is 20.3 Å². The molecule has 7 heteroatoms. The third-order valence-corrected chi connectivity index (χ3v) is 5.17. The summed E-state index contributed by atoms with van der Waals surface area (Å²) in [6.07, 6.45) is 9.29. The van der Waals surface area contributed by atoms with Gasteiger partial charge in [-0.3, -0.25) is 9.59 Å². The van der Waals surface area contributed by atoms with Crippen molar-refractivity contribution >= 4 is 17.9 Å². The van der Waals surface area contributed by atoms with Gasteiger partial charge in [0.05, 0.1) is 0 Å². The molecule has 34 heavy (non-hydrogen) atoms. The van der Waals surface area contributed by atoms with E-state index in [0.29, 0.717) is 30.6 Å². The Morgan fingerprint density at radius 1 is 1.06 bits per heavy atom. The maximum Gasteiger partial charge on any atom is 0.408 e. The van der Waals surface area contributed by atoms with Crippen molar-refractivity contribution < 1.29 is 19.1 Å². The largest absolute Gasteiger partial charge is 0.444 e. The Labute approximate surface area is 205 Å². The quantitative estimate of drug-likeness (QED) is 0.346. The van der Waals surface area contributed by atoms with Crippen LogP contribution in [0, 0.1) is 12.3 Å². The van der Waals surface area contributed by atoms with Crippen LogP contribution >= 0.6 is 0 Å². The van der Waals surface area contributed by atoms with E-state index < -0.39 is 23.8 Å². The number of carbonyl (C=O) groups excluding carboxylic acids is 3. The van der Waals surface area contributed by atoms with Crippen LogP contribution in [0.2, 0.25) is 0 Å². The number of nitrogens with zero attached hydrogens (tertiary/aromatic N) is 1. The molecule has 1 aromatic rings. The van der Waals surface area contributed by atoms with Crippen molar-refractivity contribution in [2.45, 2.75) is 91.3 Å². The molecule has 0 fully saturated rings. The minimum Gasteiger partial charge on any atom is -0.444 e. The third-order valence-electron chi connectivity index (χ3n) is 5.17. The number of ether oxygens (including phenoxy) is 1. The maximum atomic E-state index is 13.5. The number of unbranched alkanes of at least 4 members (excludes halogenated alkanes) is 3. The van der Waals surface area contributed by atoms with E-state index in [1.54, 1.807) is 56.9 Å². The summed E-state index contributed by atoms with van der Waals surface area (Å²) in [4.78, 5) is 40.7. The van der Waals surface area contributed by atoms with Crippen LogP contribution in [0.1, 0.15) is 90.8 Å². The molecule has 0 aliphatic rings. The number of hydrogen-bond donors (Lipinski definition) is 2. The van der Waals surface area contributed by atoms with E-state index in [0.717, 1.165) is 25.7 Å². The first kappa shape index (κ1) is 29.0. The fourth-order valence-electron chi connectivity index (χ4n) is 3.41. The molecule has 188 valence electrons. The van der Waals surface area contributed by atoms with Crippen LogP contribution in [0.25, 0.3) is 0 Å². The Kier molecular flexibility index (Phi) is 12.2. The third kappa shape index (κ3) is 9.86. The number of amides is 3. The molecule has 2 N–H and O–H groups in total. The number of terminal acetylenes is 1. The van der Waals surface area contributed by atoms with Crippen molar-refractivity contribution in [1.82, 2.24) is 15.5 Å². The summed E-state index contributed by atoms with van der Waals surface area (Å²) in [5.74, 6) is 1.97. The molecule has 2 unspecified atom stereocenters. The summed E-state index contributed by atoms with van der Waals surface area (Å²) in [5.41, 5.74) is 0.673. The first-order valence-electron chi connectivity index (χ1n) is 12.2. The van der Waals surface area contributed by atoms with Crippen LogP contribution in [0.3, 0.4) is 0 Å². The maximum absolute atomic E-state index is 13.5. The normalized spacial score (nSPS) is 12.7. The van der Waals surface area contributed by atoms with E-state index in [9.17, 15) is 14.4 Å². The first-order valence-corrected chi connectivity index (χ1v) is 12.2. The summed E-state index contributed by atoms with van der Waals surface area (Å²) in [6, 6.07) is 5.38. The van der Waals surface area contributed by atoms with E-state index >= 15 is 0 Å². The summed E-state index contributed by atoms with van der Waals surface area (Å²) >= 11 is 0. The van der Waals surface area contributed by atoms with Crippen molar-refractivity contribution in [3.8, 4) is 12.3 Å². The van der Waals surface area contributed by atoms with Gasteiger partial charge in [0, 0.05) is 18.7 Å². The van der Waals surface area contributed by atoms with Crippen molar-refractivity contribution in [1.29, 1.82) is 0 Å². The van der Waals surface area contributed by atoms with Gasteiger partial charge in [-0.1, -0.05) is 51.2 Å². The van der Waals surface area contributed by atoms with E-state index in [1.807, 2.05) is 6.92 Å². The fourth-order valence-corrected chi connectivity index (χ4v) is 3.41. The molecule has 0 aliphatic heterocycles. The molecular weight excluding hydrogens is 430 g/mol. The second-order valence-corrected chi connectivity index (χ2v) is 9.42. The molecule has 0 bridgehead atoms. The predicted molar refractivity (Wildman–Crippen MR) is 135 cm³/mol. The lowest BCUT2D eigenvalue weighted by Crippen LogP contribution is -2.52. The summed E-state index contributed by atoms with van der Waals surface area (Å²) < 4.78 is 5.29. The van der Waals surface area contributed by atoms with Crippen molar-refractivity contribution in [3.05, 3.63) is 35.4 Å². The van der Waals surface area contributed by atoms with Crippen LogP contribution < -0.4 is 10.6 Å². The van der Waals surface area contributed by atoms with Crippen LogP contribution in [0.15, 0.2) is 24.3 Å². The van der Waals surface area contributed by atoms with Crippen molar-refractivity contribution in [2.75, 3.05) is 13.1 Å². The lowest BCUT2D eigenvalue weighted by atomic mass is 10.0. The van der Waals surface area contributed by atoms with Gasteiger partial charge in [-0.05, 0) is 58.2 Å². The van der Waals surface area contributed by atoms with Gasteiger partial charge in [0.2, 0.25) is 11.8 Å². The smallest absolute Gasteiger partial charge is 0.408 e. The molecule has 0 saturated carbocycles. The highest BCUT2D eigenvalue weighted by atomic mass is 16.6. The van der Waals surface area contributed by atoms with Gasteiger partial charge in [0.25, 0.3) is 0 Å². The molecule has 2 atom stereocenters. The lowest BCUT2D eigenvalue weighted by Gasteiger charge is -2.33. The monoisotopic (exact) mass is 471 g/mol. The minimum atomic E-state index is -0.868. The lowest BCUT2D eigenvalue weighted by molar-refractivity contribution is -0.142. The zero-order valence-electron chi connectivity index (χ0n) is 21.6. The Morgan fingerprint density at radius 3 is 2.21 bits per heavy atom. The van der Waals surface area contributed by atoms with E-state index in [-0.39, 0.29) is 11.8 Å². The molecule has 0 saturated heterocycles. The Balaban J connectivity index is 3.23. The number of nitrogens with one attached hydrogen (secondary N) is 2. The van der Waals surface area contributed by atoms with Gasteiger partial charge in [0.15, 0.2) is 0 Å². The highest BCUT2D eigenvalue weighted by molar-refractivity contribution is 5.92. The minimum absolute atomic E-state index is 0.251. The van der Waals surface area contributed by atoms with Crippen molar-refractivity contribution in [2.24, 2.45) is 0 Å². The molecule has 7 nitrogen and oxygen atoms in total. The molecule has 1 rings (SSSR count). The molecule has 0 aliphatic carbocycles. The van der Waals surface area contributed by atoms with Gasteiger partial charge in [0.1, 0.15) is 17.7 Å². The molecule has 0 aromatic heterocycles. The molecular formula is C27H41N3O4.